The lowest BCUT2D eigenvalue weighted by Crippen LogP contribution is -2.10. The van der Waals surface area contributed by atoms with Crippen LogP contribution in [0, 0.1) is 13.8 Å². The van der Waals surface area contributed by atoms with Gasteiger partial charge in [-0.1, -0.05) is 17.7 Å². The van der Waals surface area contributed by atoms with Crippen LogP contribution in [0.15, 0.2) is 36.4 Å². The topological polar surface area (TPSA) is 55.8 Å². The predicted molar refractivity (Wildman–Crippen MR) is 75.5 cm³/mol. The lowest BCUT2D eigenvalue weighted by molar-refractivity contribution is 0.0733. The van der Waals surface area contributed by atoms with Gasteiger partial charge in [-0.05, 0) is 37.6 Å². The number of esters is 1. The molecule has 104 valence electrons. The number of carbonyl (C=O) groups is 1. The molecule has 0 bridgehead atoms. The maximum Gasteiger partial charge on any atom is 0.343 e. The zero-order valence-corrected chi connectivity index (χ0v) is 11.6. The van der Waals surface area contributed by atoms with E-state index in [4.69, 9.17) is 9.47 Å². The molecule has 2 aromatic rings. The maximum absolute atomic E-state index is 12.1. The van der Waals surface area contributed by atoms with Gasteiger partial charge in [0.2, 0.25) is 0 Å². The summed E-state index contributed by atoms with van der Waals surface area (Å²) in [5, 5.41) is 9.66. The number of rotatable bonds is 3. The van der Waals surface area contributed by atoms with E-state index in [2.05, 4.69) is 0 Å². The Kier molecular flexibility index (Phi) is 3.94. The summed E-state index contributed by atoms with van der Waals surface area (Å²) in [5.41, 5.74) is 2.35. The summed E-state index contributed by atoms with van der Waals surface area (Å²) in [6.45, 7) is 3.76. The fourth-order valence-corrected chi connectivity index (χ4v) is 1.85. The van der Waals surface area contributed by atoms with Crippen LogP contribution in [-0.4, -0.2) is 18.2 Å². The molecule has 20 heavy (non-hydrogen) atoms. The first-order chi connectivity index (χ1) is 9.51. The van der Waals surface area contributed by atoms with Gasteiger partial charge in [-0.15, -0.1) is 0 Å². The number of hydrogen-bond acceptors (Lipinski definition) is 4. The summed E-state index contributed by atoms with van der Waals surface area (Å²) >= 11 is 0. The number of benzene rings is 2. The van der Waals surface area contributed by atoms with Crippen molar-refractivity contribution < 1.29 is 19.4 Å². The molecule has 0 aliphatic heterocycles. The average Bonchev–Trinajstić information content (AvgIpc) is 2.41. The number of carbonyl (C=O) groups excluding carboxylic acids is 1. The number of ether oxygens (including phenoxy) is 2. The standard InChI is InChI=1S/C16H16O4/c1-10-4-5-11(2)13(8-10)16(18)20-12-6-7-15(19-3)14(17)9-12/h4-9,17H,1-3H3. The first kappa shape index (κ1) is 13.9. The minimum Gasteiger partial charge on any atom is -0.504 e. The molecule has 1 N–H and O–H groups in total. The normalized spacial score (nSPS) is 10.2. The maximum atomic E-state index is 12.1. The monoisotopic (exact) mass is 272 g/mol. The molecule has 0 aromatic heterocycles. The van der Waals surface area contributed by atoms with Crippen molar-refractivity contribution in [2.75, 3.05) is 7.11 Å². The summed E-state index contributed by atoms with van der Waals surface area (Å²) in [6, 6.07) is 10.0. The van der Waals surface area contributed by atoms with Crippen LogP contribution in [0.25, 0.3) is 0 Å². The van der Waals surface area contributed by atoms with Crippen molar-refractivity contribution in [3.63, 3.8) is 0 Å². The summed E-state index contributed by atoms with van der Waals surface area (Å²) in [7, 11) is 1.46. The third-order valence-corrected chi connectivity index (χ3v) is 2.97. The highest BCUT2D eigenvalue weighted by Gasteiger charge is 2.13. The highest BCUT2D eigenvalue weighted by atomic mass is 16.5. The van der Waals surface area contributed by atoms with E-state index in [9.17, 15) is 9.90 Å². The van der Waals surface area contributed by atoms with Gasteiger partial charge in [0.15, 0.2) is 11.5 Å². The Morgan fingerprint density at radius 2 is 1.85 bits per heavy atom. The van der Waals surface area contributed by atoms with Gasteiger partial charge in [-0.25, -0.2) is 4.79 Å². The Bertz CT molecular complexity index is 647. The van der Waals surface area contributed by atoms with Crippen molar-refractivity contribution in [1.29, 1.82) is 0 Å². The molecule has 0 fully saturated rings. The minimum absolute atomic E-state index is 0.0706. The summed E-state index contributed by atoms with van der Waals surface area (Å²) < 4.78 is 10.2. The van der Waals surface area contributed by atoms with Gasteiger partial charge in [-0.3, -0.25) is 0 Å². The lowest BCUT2D eigenvalue weighted by atomic mass is 10.1. The predicted octanol–water partition coefficient (Wildman–Crippen LogP) is 3.24. The largest absolute Gasteiger partial charge is 0.504 e. The highest BCUT2D eigenvalue weighted by molar-refractivity contribution is 5.92. The fourth-order valence-electron chi connectivity index (χ4n) is 1.85. The number of phenols is 1. The van der Waals surface area contributed by atoms with Gasteiger partial charge in [0, 0.05) is 6.07 Å². The quantitative estimate of drug-likeness (QED) is 0.688. The van der Waals surface area contributed by atoms with E-state index in [1.54, 1.807) is 18.2 Å². The Hall–Kier alpha value is -2.49. The molecular weight excluding hydrogens is 256 g/mol. The van der Waals surface area contributed by atoms with Gasteiger partial charge < -0.3 is 14.6 Å². The van der Waals surface area contributed by atoms with Gasteiger partial charge >= 0.3 is 5.97 Å². The second kappa shape index (κ2) is 5.65. The zero-order chi connectivity index (χ0) is 14.7. The Labute approximate surface area is 117 Å². The van der Waals surface area contributed by atoms with Gasteiger partial charge in [0.25, 0.3) is 0 Å². The molecule has 0 unspecified atom stereocenters. The molecule has 0 aliphatic carbocycles. The van der Waals surface area contributed by atoms with Crippen molar-refractivity contribution in [3.05, 3.63) is 53.1 Å². The minimum atomic E-state index is -0.448. The fraction of sp³-hybridized carbons (Fsp3) is 0.188. The summed E-state index contributed by atoms with van der Waals surface area (Å²) in [4.78, 5) is 12.1. The van der Waals surface area contributed by atoms with E-state index in [1.807, 2.05) is 26.0 Å². The zero-order valence-electron chi connectivity index (χ0n) is 11.6. The van der Waals surface area contributed by atoms with Crippen LogP contribution in [0.5, 0.6) is 17.2 Å². The van der Waals surface area contributed by atoms with Crippen LogP contribution in [0.3, 0.4) is 0 Å². The van der Waals surface area contributed by atoms with E-state index in [0.717, 1.165) is 11.1 Å². The SMILES string of the molecule is COc1ccc(OC(=O)c2cc(C)ccc2C)cc1O. The third-order valence-electron chi connectivity index (χ3n) is 2.97. The van der Waals surface area contributed by atoms with E-state index >= 15 is 0 Å². The number of methoxy groups -OCH3 is 1. The molecule has 0 spiro atoms. The molecule has 4 heteroatoms. The lowest BCUT2D eigenvalue weighted by Gasteiger charge is -2.09. The molecule has 0 heterocycles. The van der Waals surface area contributed by atoms with Crippen molar-refractivity contribution >= 4 is 5.97 Å². The van der Waals surface area contributed by atoms with Crippen molar-refractivity contribution in [2.24, 2.45) is 0 Å². The number of hydrogen-bond donors (Lipinski definition) is 1. The second-order valence-corrected chi connectivity index (χ2v) is 4.54. The number of phenolic OH excluding ortho intramolecular Hbond substituents is 1. The highest BCUT2D eigenvalue weighted by Crippen LogP contribution is 2.30. The molecule has 0 aliphatic rings. The molecule has 0 saturated carbocycles. The Balaban J connectivity index is 2.23. The molecule has 0 radical (unpaired) electrons. The summed E-state index contributed by atoms with van der Waals surface area (Å²) in [6.07, 6.45) is 0. The second-order valence-electron chi connectivity index (χ2n) is 4.54. The first-order valence-corrected chi connectivity index (χ1v) is 6.17. The van der Waals surface area contributed by atoms with E-state index in [-0.39, 0.29) is 11.5 Å². The summed E-state index contributed by atoms with van der Waals surface area (Å²) in [5.74, 6) is 0.0836. The molecule has 4 nitrogen and oxygen atoms in total. The number of aromatic hydroxyl groups is 1. The van der Waals surface area contributed by atoms with E-state index in [1.165, 1.54) is 13.2 Å². The van der Waals surface area contributed by atoms with Crippen molar-refractivity contribution in [1.82, 2.24) is 0 Å². The average molecular weight is 272 g/mol. The van der Waals surface area contributed by atoms with Crippen LogP contribution >= 0.6 is 0 Å². The smallest absolute Gasteiger partial charge is 0.343 e. The number of aryl methyl sites for hydroxylation is 2. The van der Waals surface area contributed by atoms with Gasteiger partial charge in [0.1, 0.15) is 5.75 Å². The van der Waals surface area contributed by atoms with Crippen LogP contribution < -0.4 is 9.47 Å². The van der Waals surface area contributed by atoms with Gasteiger partial charge in [0.05, 0.1) is 12.7 Å². The van der Waals surface area contributed by atoms with Crippen molar-refractivity contribution in [3.8, 4) is 17.2 Å². The Morgan fingerprint density at radius 1 is 1.10 bits per heavy atom. The molecular formula is C16H16O4. The van der Waals surface area contributed by atoms with Crippen LogP contribution in [0.2, 0.25) is 0 Å². The van der Waals surface area contributed by atoms with E-state index in [0.29, 0.717) is 11.3 Å². The van der Waals surface area contributed by atoms with Gasteiger partial charge in [-0.2, -0.15) is 0 Å². The third kappa shape index (κ3) is 2.91. The Morgan fingerprint density at radius 3 is 2.50 bits per heavy atom. The first-order valence-electron chi connectivity index (χ1n) is 6.17. The van der Waals surface area contributed by atoms with Crippen LogP contribution in [0.4, 0.5) is 0 Å². The van der Waals surface area contributed by atoms with Crippen molar-refractivity contribution in [2.45, 2.75) is 13.8 Å². The van der Waals surface area contributed by atoms with Crippen LogP contribution in [0.1, 0.15) is 21.5 Å². The molecule has 0 atom stereocenters. The molecule has 2 rings (SSSR count). The molecule has 2 aromatic carbocycles. The molecule has 0 amide bonds. The van der Waals surface area contributed by atoms with Crippen LogP contribution in [-0.2, 0) is 0 Å². The van der Waals surface area contributed by atoms with E-state index < -0.39 is 5.97 Å². The molecule has 0 saturated heterocycles.